The second kappa shape index (κ2) is 9.68. The van der Waals surface area contributed by atoms with Crippen LogP contribution >= 0.6 is 0 Å². The molecule has 0 amide bonds. The van der Waals surface area contributed by atoms with Gasteiger partial charge in [-0.3, -0.25) is 0 Å². The first-order chi connectivity index (χ1) is 9.25. The predicted molar refractivity (Wildman–Crippen MR) is 83.0 cm³/mol. The lowest BCUT2D eigenvalue weighted by Gasteiger charge is -2.26. The summed E-state index contributed by atoms with van der Waals surface area (Å²) in [4.78, 5) is 0. The van der Waals surface area contributed by atoms with Gasteiger partial charge >= 0.3 is 0 Å². The Hall–Kier alpha value is -0.210. The largest absolute Gasteiger partial charge is 0.374 e. The van der Waals surface area contributed by atoms with Crippen molar-refractivity contribution in [3.8, 4) is 0 Å². The lowest BCUT2D eigenvalue weighted by Crippen LogP contribution is -2.46. The highest BCUT2D eigenvalue weighted by Gasteiger charge is 2.23. The van der Waals surface area contributed by atoms with Crippen molar-refractivity contribution < 1.29 is 13.2 Å². The van der Waals surface area contributed by atoms with Gasteiger partial charge in [-0.1, -0.05) is 6.92 Å². The SMILES string of the molecule is CCCNCCCN(C)S(=O)(=O)NCC(C)(C)OCC. The molecule has 0 radical (unpaired) electrons. The third-order valence-electron chi connectivity index (χ3n) is 2.88. The highest BCUT2D eigenvalue weighted by molar-refractivity contribution is 7.87. The lowest BCUT2D eigenvalue weighted by atomic mass is 10.1. The van der Waals surface area contributed by atoms with Crippen LogP contribution in [0.3, 0.4) is 0 Å². The first kappa shape index (κ1) is 19.8. The fraction of sp³-hybridized carbons (Fsp3) is 1.00. The number of ether oxygens (including phenoxy) is 1. The number of nitrogens with one attached hydrogen (secondary N) is 2. The van der Waals surface area contributed by atoms with E-state index in [1.54, 1.807) is 7.05 Å². The molecule has 0 bridgehead atoms. The summed E-state index contributed by atoms with van der Waals surface area (Å²) in [7, 11) is -1.84. The molecule has 0 saturated carbocycles. The topological polar surface area (TPSA) is 70.7 Å². The molecule has 0 aromatic rings. The average molecular weight is 309 g/mol. The van der Waals surface area contributed by atoms with Crippen LogP contribution in [0.15, 0.2) is 0 Å². The van der Waals surface area contributed by atoms with Crippen molar-refractivity contribution >= 4 is 10.2 Å². The molecule has 7 heteroatoms. The minimum Gasteiger partial charge on any atom is -0.374 e. The van der Waals surface area contributed by atoms with E-state index in [2.05, 4.69) is 17.0 Å². The molecule has 0 rings (SSSR count). The van der Waals surface area contributed by atoms with Crippen LogP contribution < -0.4 is 10.0 Å². The van der Waals surface area contributed by atoms with E-state index < -0.39 is 15.8 Å². The van der Waals surface area contributed by atoms with Crippen molar-refractivity contribution in [1.82, 2.24) is 14.3 Å². The summed E-state index contributed by atoms with van der Waals surface area (Å²) >= 11 is 0. The minimum absolute atomic E-state index is 0.265. The fourth-order valence-electron chi connectivity index (χ4n) is 1.67. The summed E-state index contributed by atoms with van der Waals surface area (Å²) < 4.78 is 33.5. The van der Waals surface area contributed by atoms with E-state index >= 15 is 0 Å². The maximum absolute atomic E-state index is 12.0. The second-order valence-corrected chi connectivity index (χ2v) is 7.31. The van der Waals surface area contributed by atoms with Gasteiger partial charge in [-0.15, -0.1) is 0 Å². The normalized spacial score (nSPS) is 13.1. The molecular weight excluding hydrogens is 278 g/mol. The number of hydrogen-bond acceptors (Lipinski definition) is 4. The van der Waals surface area contributed by atoms with Crippen molar-refractivity contribution in [2.75, 3.05) is 39.8 Å². The van der Waals surface area contributed by atoms with Gasteiger partial charge < -0.3 is 10.1 Å². The molecule has 0 fully saturated rings. The first-order valence-electron chi connectivity index (χ1n) is 7.30. The van der Waals surface area contributed by atoms with E-state index in [1.807, 2.05) is 20.8 Å². The van der Waals surface area contributed by atoms with Crippen LogP contribution in [0.1, 0.15) is 40.5 Å². The van der Waals surface area contributed by atoms with Gasteiger partial charge in [0.15, 0.2) is 0 Å². The Morgan fingerprint density at radius 1 is 1.20 bits per heavy atom. The Balaban J connectivity index is 4.09. The molecule has 0 aromatic carbocycles. The molecule has 0 heterocycles. The van der Waals surface area contributed by atoms with Gasteiger partial charge in [0, 0.05) is 26.7 Å². The van der Waals surface area contributed by atoms with E-state index in [0.29, 0.717) is 13.2 Å². The summed E-state index contributed by atoms with van der Waals surface area (Å²) in [5.74, 6) is 0. The van der Waals surface area contributed by atoms with Crippen molar-refractivity contribution in [3.63, 3.8) is 0 Å². The fourth-order valence-corrected chi connectivity index (χ4v) is 2.79. The Morgan fingerprint density at radius 3 is 2.40 bits per heavy atom. The van der Waals surface area contributed by atoms with Gasteiger partial charge in [-0.25, -0.2) is 0 Å². The third kappa shape index (κ3) is 8.86. The molecule has 2 N–H and O–H groups in total. The number of rotatable bonds is 12. The first-order valence-corrected chi connectivity index (χ1v) is 8.74. The van der Waals surface area contributed by atoms with Crippen LogP contribution in [-0.4, -0.2) is 58.2 Å². The third-order valence-corrected chi connectivity index (χ3v) is 4.39. The van der Waals surface area contributed by atoms with E-state index in [4.69, 9.17) is 4.74 Å². The molecule has 122 valence electrons. The van der Waals surface area contributed by atoms with Gasteiger partial charge in [0.2, 0.25) is 0 Å². The molecular formula is C13H31N3O3S. The maximum Gasteiger partial charge on any atom is 0.279 e. The molecule has 20 heavy (non-hydrogen) atoms. The van der Waals surface area contributed by atoms with Crippen LogP contribution in [0.2, 0.25) is 0 Å². The summed E-state index contributed by atoms with van der Waals surface area (Å²) in [5.41, 5.74) is -0.495. The van der Waals surface area contributed by atoms with E-state index in [9.17, 15) is 8.42 Å². The van der Waals surface area contributed by atoms with Crippen molar-refractivity contribution in [1.29, 1.82) is 0 Å². The molecule has 0 aliphatic carbocycles. The van der Waals surface area contributed by atoms with Gasteiger partial charge in [-0.2, -0.15) is 17.4 Å². The van der Waals surface area contributed by atoms with Crippen molar-refractivity contribution in [2.24, 2.45) is 0 Å². The minimum atomic E-state index is -3.43. The number of nitrogens with zero attached hydrogens (tertiary/aromatic N) is 1. The van der Waals surface area contributed by atoms with E-state index in [-0.39, 0.29) is 6.54 Å². The zero-order valence-electron chi connectivity index (χ0n) is 13.5. The van der Waals surface area contributed by atoms with Crippen LogP contribution in [-0.2, 0) is 14.9 Å². The highest BCUT2D eigenvalue weighted by Crippen LogP contribution is 2.08. The lowest BCUT2D eigenvalue weighted by molar-refractivity contribution is -0.00535. The molecule has 0 atom stereocenters. The number of hydrogen-bond donors (Lipinski definition) is 2. The highest BCUT2D eigenvalue weighted by atomic mass is 32.2. The molecule has 6 nitrogen and oxygen atoms in total. The van der Waals surface area contributed by atoms with Gasteiger partial charge in [0.05, 0.1) is 5.60 Å². The molecule has 0 aliphatic rings. The van der Waals surface area contributed by atoms with Crippen LogP contribution in [0.5, 0.6) is 0 Å². The molecule has 0 aromatic heterocycles. The molecule has 0 aliphatic heterocycles. The van der Waals surface area contributed by atoms with Gasteiger partial charge in [0.25, 0.3) is 10.2 Å². The Bertz CT molecular complexity index is 345. The summed E-state index contributed by atoms with van der Waals surface area (Å²) in [6, 6.07) is 0. The summed E-state index contributed by atoms with van der Waals surface area (Å²) in [6.45, 7) is 10.9. The second-order valence-electron chi connectivity index (χ2n) is 5.44. The quantitative estimate of drug-likeness (QED) is 0.527. The zero-order chi connectivity index (χ0) is 15.6. The standard InChI is InChI=1S/C13H31N3O3S/c1-6-9-14-10-8-11-16(5)20(17,18)15-12-13(3,4)19-7-2/h14-15H,6-12H2,1-5H3. The van der Waals surface area contributed by atoms with Crippen LogP contribution in [0.4, 0.5) is 0 Å². The summed E-state index contributed by atoms with van der Waals surface area (Å²) in [5, 5.41) is 3.25. The maximum atomic E-state index is 12.0. The summed E-state index contributed by atoms with van der Waals surface area (Å²) in [6.07, 6.45) is 1.88. The van der Waals surface area contributed by atoms with Gasteiger partial charge in [0.1, 0.15) is 0 Å². The molecule has 0 saturated heterocycles. The Labute approximate surface area is 124 Å². The molecule has 0 spiro atoms. The van der Waals surface area contributed by atoms with Crippen LogP contribution in [0, 0.1) is 0 Å². The average Bonchev–Trinajstić information content (AvgIpc) is 2.36. The molecule has 0 unspecified atom stereocenters. The van der Waals surface area contributed by atoms with E-state index in [1.165, 1.54) is 4.31 Å². The predicted octanol–water partition coefficient (Wildman–Crippen LogP) is 0.957. The van der Waals surface area contributed by atoms with Crippen molar-refractivity contribution in [3.05, 3.63) is 0 Å². The monoisotopic (exact) mass is 309 g/mol. The smallest absolute Gasteiger partial charge is 0.279 e. The Morgan fingerprint density at radius 2 is 1.85 bits per heavy atom. The zero-order valence-corrected chi connectivity index (χ0v) is 14.3. The van der Waals surface area contributed by atoms with E-state index in [0.717, 1.165) is 25.9 Å². The van der Waals surface area contributed by atoms with Crippen LogP contribution in [0.25, 0.3) is 0 Å². The van der Waals surface area contributed by atoms with Gasteiger partial charge in [-0.05, 0) is 46.7 Å². The van der Waals surface area contributed by atoms with Crippen molar-refractivity contribution in [2.45, 2.75) is 46.1 Å². The Kier molecular flexibility index (Phi) is 9.58.